The van der Waals surface area contributed by atoms with E-state index >= 15 is 0 Å². The summed E-state index contributed by atoms with van der Waals surface area (Å²) >= 11 is 0. The second-order valence-electron chi connectivity index (χ2n) is 2.52. The van der Waals surface area contributed by atoms with E-state index in [9.17, 15) is 4.79 Å². The lowest BCUT2D eigenvalue weighted by molar-refractivity contribution is -0.135. The Kier molecular flexibility index (Phi) is 1.62. The third kappa shape index (κ3) is 0.967. The molecule has 0 aromatic rings. The highest BCUT2D eigenvalue weighted by molar-refractivity contribution is 5.91. The average molecular weight is 138 g/mol. The number of ether oxygens (including phenoxy) is 1. The van der Waals surface area contributed by atoms with Crippen molar-refractivity contribution >= 4 is 5.97 Å². The van der Waals surface area contributed by atoms with Gasteiger partial charge in [0.25, 0.3) is 0 Å². The van der Waals surface area contributed by atoms with Crippen molar-refractivity contribution in [2.45, 2.75) is 6.92 Å². The summed E-state index contributed by atoms with van der Waals surface area (Å²) < 4.78 is 4.74. The van der Waals surface area contributed by atoms with Crippen molar-refractivity contribution in [3.63, 3.8) is 0 Å². The second kappa shape index (κ2) is 2.29. The van der Waals surface area contributed by atoms with Crippen LogP contribution in [0.1, 0.15) is 6.92 Å². The highest BCUT2D eigenvalue weighted by Crippen LogP contribution is 2.24. The zero-order valence-corrected chi connectivity index (χ0v) is 6.02. The standard InChI is InChI=1S/C8H10O2/c1-5(2)7-4-10-8(9)6(7)3/h7H,1,3-4H2,2H3. The fourth-order valence-corrected chi connectivity index (χ4v) is 0.934. The van der Waals surface area contributed by atoms with Gasteiger partial charge in [-0.05, 0) is 6.92 Å². The summed E-state index contributed by atoms with van der Waals surface area (Å²) in [6, 6.07) is 0. The molecule has 0 N–H and O–H groups in total. The SMILES string of the molecule is C=C(C)C1COC(=O)C1=C. The molecule has 10 heavy (non-hydrogen) atoms. The normalized spacial score (nSPS) is 24.7. The van der Waals surface area contributed by atoms with Gasteiger partial charge in [0, 0.05) is 11.5 Å². The molecule has 0 saturated carbocycles. The monoisotopic (exact) mass is 138 g/mol. The van der Waals surface area contributed by atoms with Crippen LogP contribution < -0.4 is 0 Å². The molecule has 1 fully saturated rings. The molecular weight excluding hydrogens is 128 g/mol. The van der Waals surface area contributed by atoms with Gasteiger partial charge in [0.1, 0.15) is 6.61 Å². The maximum Gasteiger partial charge on any atom is 0.334 e. The van der Waals surface area contributed by atoms with Crippen molar-refractivity contribution in [2.24, 2.45) is 5.92 Å². The molecule has 1 atom stereocenters. The number of hydrogen-bond donors (Lipinski definition) is 0. The lowest BCUT2D eigenvalue weighted by atomic mass is 9.97. The fourth-order valence-electron chi connectivity index (χ4n) is 0.934. The number of carbonyl (C=O) groups is 1. The summed E-state index contributed by atoms with van der Waals surface area (Å²) in [5.74, 6) is -0.236. The molecule has 0 radical (unpaired) electrons. The second-order valence-corrected chi connectivity index (χ2v) is 2.52. The molecule has 0 amide bonds. The Bertz CT molecular complexity index is 203. The first-order valence-corrected chi connectivity index (χ1v) is 3.14. The van der Waals surface area contributed by atoms with Crippen LogP contribution in [0.3, 0.4) is 0 Å². The zero-order chi connectivity index (χ0) is 7.72. The number of esters is 1. The van der Waals surface area contributed by atoms with E-state index in [1.54, 1.807) is 0 Å². The Hall–Kier alpha value is -1.05. The van der Waals surface area contributed by atoms with Crippen LogP contribution in [-0.4, -0.2) is 12.6 Å². The van der Waals surface area contributed by atoms with Crippen LogP contribution in [0.2, 0.25) is 0 Å². The Labute approximate surface area is 60.2 Å². The molecule has 0 spiro atoms. The Morgan fingerprint density at radius 2 is 2.40 bits per heavy atom. The molecule has 1 unspecified atom stereocenters. The molecule has 54 valence electrons. The smallest absolute Gasteiger partial charge is 0.334 e. The van der Waals surface area contributed by atoms with Crippen LogP contribution >= 0.6 is 0 Å². The maximum absolute atomic E-state index is 10.7. The summed E-state index contributed by atoms with van der Waals surface area (Å²) in [5.41, 5.74) is 1.48. The Morgan fingerprint density at radius 1 is 1.80 bits per heavy atom. The molecule has 1 saturated heterocycles. The van der Waals surface area contributed by atoms with Gasteiger partial charge < -0.3 is 4.74 Å². The van der Waals surface area contributed by atoms with E-state index in [1.165, 1.54) is 0 Å². The van der Waals surface area contributed by atoms with E-state index in [1.807, 2.05) is 6.92 Å². The molecule has 0 aliphatic carbocycles. The van der Waals surface area contributed by atoms with Gasteiger partial charge in [-0.2, -0.15) is 0 Å². The molecule has 1 aliphatic heterocycles. The van der Waals surface area contributed by atoms with Gasteiger partial charge in [0.05, 0.1) is 0 Å². The molecule has 0 bridgehead atoms. The quantitative estimate of drug-likeness (QED) is 0.310. The van der Waals surface area contributed by atoms with Crippen molar-refractivity contribution < 1.29 is 9.53 Å². The van der Waals surface area contributed by atoms with Crippen molar-refractivity contribution in [1.82, 2.24) is 0 Å². The number of hydrogen-bond acceptors (Lipinski definition) is 2. The molecule has 1 aliphatic rings. The molecular formula is C8H10O2. The summed E-state index contributed by atoms with van der Waals surface area (Å²) in [6.45, 7) is 9.63. The lowest BCUT2D eigenvalue weighted by Crippen LogP contribution is -2.02. The predicted octanol–water partition coefficient (Wildman–Crippen LogP) is 1.29. The van der Waals surface area contributed by atoms with Crippen LogP contribution in [0.5, 0.6) is 0 Å². The van der Waals surface area contributed by atoms with E-state index in [4.69, 9.17) is 4.74 Å². The van der Waals surface area contributed by atoms with Gasteiger partial charge in [-0.15, -0.1) is 0 Å². The third-order valence-corrected chi connectivity index (χ3v) is 1.66. The lowest BCUT2D eigenvalue weighted by Gasteiger charge is -2.03. The zero-order valence-electron chi connectivity index (χ0n) is 6.02. The van der Waals surface area contributed by atoms with Crippen molar-refractivity contribution in [3.05, 3.63) is 24.3 Å². The third-order valence-electron chi connectivity index (χ3n) is 1.66. The highest BCUT2D eigenvalue weighted by Gasteiger charge is 2.28. The summed E-state index contributed by atoms with van der Waals surface area (Å²) in [7, 11) is 0. The first-order valence-electron chi connectivity index (χ1n) is 3.14. The van der Waals surface area contributed by atoms with E-state index in [0.29, 0.717) is 12.2 Å². The summed E-state index contributed by atoms with van der Waals surface area (Å²) in [6.07, 6.45) is 0. The van der Waals surface area contributed by atoms with Gasteiger partial charge in [0.15, 0.2) is 0 Å². The minimum atomic E-state index is -0.284. The molecule has 1 rings (SSSR count). The first-order chi connectivity index (χ1) is 4.63. The Balaban J connectivity index is 2.76. The van der Waals surface area contributed by atoms with Gasteiger partial charge in [-0.3, -0.25) is 0 Å². The minimum Gasteiger partial charge on any atom is -0.461 e. The van der Waals surface area contributed by atoms with Crippen molar-refractivity contribution in [2.75, 3.05) is 6.61 Å². The summed E-state index contributed by atoms with van der Waals surface area (Å²) in [4.78, 5) is 10.7. The largest absolute Gasteiger partial charge is 0.461 e. The van der Waals surface area contributed by atoms with Crippen LogP contribution in [0.15, 0.2) is 24.3 Å². The average Bonchev–Trinajstić information content (AvgIpc) is 2.14. The van der Waals surface area contributed by atoms with Crippen LogP contribution in [0, 0.1) is 5.92 Å². The topological polar surface area (TPSA) is 26.3 Å². The summed E-state index contributed by atoms with van der Waals surface area (Å²) in [5, 5.41) is 0. The molecule has 1 heterocycles. The van der Waals surface area contributed by atoms with Gasteiger partial charge in [-0.25, -0.2) is 4.79 Å². The van der Waals surface area contributed by atoms with E-state index in [2.05, 4.69) is 13.2 Å². The van der Waals surface area contributed by atoms with E-state index < -0.39 is 0 Å². The fraction of sp³-hybridized carbons (Fsp3) is 0.375. The molecule has 2 heteroatoms. The van der Waals surface area contributed by atoms with E-state index in [-0.39, 0.29) is 11.9 Å². The Morgan fingerprint density at radius 3 is 2.60 bits per heavy atom. The highest BCUT2D eigenvalue weighted by atomic mass is 16.5. The number of carbonyl (C=O) groups excluding carboxylic acids is 1. The molecule has 2 nitrogen and oxygen atoms in total. The van der Waals surface area contributed by atoms with Crippen molar-refractivity contribution in [3.8, 4) is 0 Å². The van der Waals surface area contributed by atoms with Gasteiger partial charge in [-0.1, -0.05) is 18.7 Å². The number of rotatable bonds is 1. The van der Waals surface area contributed by atoms with Crippen LogP contribution in [-0.2, 0) is 9.53 Å². The van der Waals surface area contributed by atoms with Crippen LogP contribution in [0.4, 0.5) is 0 Å². The van der Waals surface area contributed by atoms with Gasteiger partial charge in [0.2, 0.25) is 0 Å². The molecule has 0 aromatic carbocycles. The van der Waals surface area contributed by atoms with Crippen molar-refractivity contribution in [1.29, 1.82) is 0 Å². The predicted molar refractivity (Wildman–Crippen MR) is 38.4 cm³/mol. The molecule has 0 aromatic heterocycles. The first kappa shape index (κ1) is 7.06. The van der Waals surface area contributed by atoms with Gasteiger partial charge >= 0.3 is 5.97 Å². The number of cyclic esters (lactones) is 1. The van der Waals surface area contributed by atoms with E-state index in [0.717, 1.165) is 5.57 Å². The maximum atomic E-state index is 10.7. The minimum absolute atomic E-state index is 0.0486. The van der Waals surface area contributed by atoms with Crippen LogP contribution in [0.25, 0.3) is 0 Å².